The summed E-state index contributed by atoms with van der Waals surface area (Å²) in [4.78, 5) is 92.0. The minimum Gasteiger partial charge on any atom is -0.388 e. The summed E-state index contributed by atoms with van der Waals surface area (Å²) in [5.41, 5.74) is 8.08. The van der Waals surface area contributed by atoms with E-state index in [1.165, 1.54) is 22.3 Å². The number of carbonyl (C=O) groups is 6. The molecule has 0 bridgehead atoms. The zero-order valence-corrected chi connectivity index (χ0v) is 51.1. The topological polar surface area (TPSA) is 193 Å². The van der Waals surface area contributed by atoms with Gasteiger partial charge in [0.15, 0.2) is 0 Å². The average Bonchev–Trinajstić information content (AvgIpc) is 4.12. The fourth-order valence-electron chi connectivity index (χ4n) is 13.1. The molecule has 0 spiro atoms. The Kier molecular flexibility index (Phi) is 20.8. The Labute approximate surface area is 493 Å². The van der Waals surface area contributed by atoms with E-state index >= 15 is 9.59 Å². The maximum absolute atomic E-state index is 15.2. The zero-order chi connectivity index (χ0) is 59.8. The Hall–Kier alpha value is -6.42. The second kappa shape index (κ2) is 27.5. The maximum atomic E-state index is 15.2. The number of nitrogens with one attached hydrogen (secondary N) is 5. The number of hydrogen-bond acceptors (Lipinski definition) is 9. The van der Waals surface area contributed by atoms with Crippen LogP contribution in [0.5, 0.6) is 0 Å². The summed E-state index contributed by atoms with van der Waals surface area (Å²) in [6.45, 7) is 16.8. The predicted molar refractivity (Wildman–Crippen MR) is 328 cm³/mol. The zero-order valence-electron chi connectivity index (χ0n) is 51.1. The normalized spacial score (nSPS) is 21.5. The number of carbonyl (C=O) groups excluding carboxylic acids is 6. The van der Waals surface area contributed by atoms with E-state index in [1.54, 1.807) is 38.1 Å². The molecule has 2 heterocycles. The van der Waals surface area contributed by atoms with Gasteiger partial charge >= 0.3 is 0 Å². The van der Waals surface area contributed by atoms with Crippen LogP contribution in [0.3, 0.4) is 0 Å². The van der Waals surface area contributed by atoms with Crippen molar-refractivity contribution in [1.29, 1.82) is 0 Å². The summed E-state index contributed by atoms with van der Waals surface area (Å²) in [6.07, 6.45) is 15.3. The summed E-state index contributed by atoms with van der Waals surface area (Å²) >= 11 is 0. The number of aliphatic hydroxyl groups is 1. The molecule has 9 unspecified atom stereocenters. The van der Waals surface area contributed by atoms with Gasteiger partial charge in [0.25, 0.3) is 5.91 Å². The van der Waals surface area contributed by atoms with Gasteiger partial charge in [0.1, 0.15) is 18.1 Å². The predicted octanol–water partition coefficient (Wildman–Crippen LogP) is 8.69. The number of rotatable bonds is 21. The lowest BCUT2D eigenvalue weighted by Crippen LogP contribution is -2.61. The highest BCUT2D eigenvalue weighted by Crippen LogP contribution is 2.37. The number of amides is 6. The van der Waals surface area contributed by atoms with E-state index in [9.17, 15) is 24.3 Å². The van der Waals surface area contributed by atoms with Crippen LogP contribution in [0, 0.1) is 16.7 Å². The minimum atomic E-state index is -0.864. The summed E-state index contributed by atoms with van der Waals surface area (Å²) < 4.78 is 0. The highest BCUT2D eigenvalue weighted by molar-refractivity contribution is 5.96. The van der Waals surface area contributed by atoms with Crippen LogP contribution in [0.2, 0.25) is 0 Å². The van der Waals surface area contributed by atoms with Crippen LogP contribution in [0.1, 0.15) is 176 Å². The minimum absolute atomic E-state index is 0.0256. The second-order valence-electron chi connectivity index (χ2n) is 26.2. The van der Waals surface area contributed by atoms with Crippen molar-refractivity contribution >= 4 is 41.0 Å². The van der Waals surface area contributed by atoms with Crippen LogP contribution in [0.15, 0.2) is 102 Å². The molecule has 15 heteroatoms. The third-order valence-electron chi connectivity index (χ3n) is 18.2. The van der Waals surface area contributed by atoms with Gasteiger partial charge in [0, 0.05) is 31.7 Å². The lowest BCUT2D eigenvalue weighted by atomic mass is 9.83. The van der Waals surface area contributed by atoms with Gasteiger partial charge in [-0.3, -0.25) is 28.8 Å². The van der Waals surface area contributed by atoms with Crippen molar-refractivity contribution in [2.24, 2.45) is 16.7 Å². The van der Waals surface area contributed by atoms with Gasteiger partial charge in [0.2, 0.25) is 29.5 Å². The molecule has 2 aliphatic heterocycles. The molecule has 3 aliphatic carbocycles. The molecule has 6 N–H and O–H groups in total. The van der Waals surface area contributed by atoms with E-state index in [0.29, 0.717) is 69.3 Å². The fourth-order valence-corrected chi connectivity index (χ4v) is 13.1. The number of allylic oxidation sites excluding steroid dienone is 3. The van der Waals surface area contributed by atoms with Gasteiger partial charge in [-0.25, -0.2) is 0 Å². The molecule has 3 aromatic rings. The summed E-state index contributed by atoms with van der Waals surface area (Å²) in [6, 6.07) is 19.9. The first-order valence-electron chi connectivity index (χ1n) is 30.8. The highest BCUT2D eigenvalue weighted by atomic mass is 16.3. The van der Waals surface area contributed by atoms with E-state index < -0.39 is 47.1 Å². The monoisotopic (exact) mass is 1130 g/mol. The Balaban J connectivity index is 0.991. The molecule has 1 saturated heterocycles. The number of aliphatic hydroxyl groups excluding tert-OH is 1. The molecule has 448 valence electrons. The first-order valence-corrected chi connectivity index (χ1v) is 30.8. The standard InChI is InChI=1S/C68H94N8O7/c1-11-55(70-10)62(79)73-60(68(6,7)8)66(83)76-39-44(37-57(76)63(80)71-56-31-20-27-46-23-15-17-30-54(46)56)21-18-32-58(77)47-33-35-48(36-34-47)64(81)74(40-51-28-19-26-45-22-14-16-29-53(45)51)42-52-38-49-24-12-13-25-50(49)41-75(52)65(82)59(67(3,4)5)72-61(78)43(2)69-9/h12,14-17,22-24,28-30,33-36,43-44,52,55-60,69-70,77H,11,13,18-21,25-27,31-32,37-42H2,1-10H3,(H,71,80)(H,72,78)(H,73,79). The average molecular weight is 1140 g/mol. The van der Waals surface area contributed by atoms with Gasteiger partial charge in [0.05, 0.1) is 30.3 Å². The molecule has 1 fully saturated rings. The SMILES string of the molecule is CCC(NC)C(=O)NC(C(=O)N1CC(CCCC(O)c2ccc(C(=O)N(CC3=CCCc4ccccc43)CC3CC4=C(CCC=C4)CN3C(=O)C(NC(=O)C(C)NC)C(C)(C)C)cc2)CC1C(=O)NC1CCCc2ccccc21)C(C)(C)C. The smallest absolute Gasteiger partial charge is 0.254 e. The molecular formula is C68H94N8O7. The van der Waals surface area contributed by atoms with Gasteiger partial charge in [-0.05, 0) is 171 Å². The summed E-state index contributed by atoms with van der Waals surface area (Å²) in [5, 5.41) is 27.3. The maximum Gasteiger partial charge on any atom is 0.254 e. The van der Waals surface area contributed by atoms with E-state index in [1.807, 2.05) is 88.6 Å². The number of fused-ring (bicyclic) bond motifs is 2. The molecule has 0 saturated carbocycles. The first-order chi connectivity index (χ1) is 39.6. The Morgan fingerprint density at radius 2 is 1.46 bits per heavy atom. The van der Waals surface area contributed by atoms with Gasteiger partial charge in [-0.1, -0.05) is 134 Å². The number of hydrogen-bond donors (Lipinski definition) is 6. The number of benzene rings is 3. The molecule has 6 amide bonds. The van der Waals surface area contributed by atoms with E-state index in [-0.39, 0.29) is 60.0 Å². The van der Waals surface area contributed by atoms with Crippen LogP contribution in [0.25, 0.3) is 5.57 Å². The first kappa shape index (κ1) is 62.6. The summed E-state index contributed by atoms with van der Waals surface area (Å²) in [5.74, 6) is -1.35. The largest absolute Gasteiger partial charge is 0.388 e. The molecule has 8 rings (SSSR count). The lowest BCUT2D eigenvalue weighted by molar-refractivity contribution is -0.144. The van der Waals surface area contributed by atoms with Crippen LogP contribution in [0.4, 0.5) is 0 Å². The lowest BCUT2D eigenvalue weighted by Gasteiger charge is -2.44. The van der Waals surface area contributed by atoms with Crippen molar-refractivity contribution in [2.45, 2.75) is 187 Å². The third kappa shape index (κ3) is 15.1. The fraction of sp³-hybridized carbons (Fsp3) is 0.559. The van der Waals surface area contributed by atoms with Crippen LogP contribution < -0.4 is 26.6 Å². The molecule has 83 heavy (non-hydrogen) atoms. The Morgan fingerprint density at radius 1 is 0.783 bits per heavy atom. The van der Waals surface area contributed by atoms with Crippen LogP contribution in [-0.4, -0.2) is 132 Å². The Bertz CT molecular complexity index is 2910. The van der Waals surface area contributed by atoms with Crippen molar-refractivity contribution in [1.82, 2.24) is 41.3 Å². The Morgan fingerprint density at radius 3 is 2.14 bits per heavy atom. The summed E-state index contributed by atoms with van der Waals surface area (Å²) in [7, 11) is 3.45. The molecule has 15 nitrogen and oxygen atoms in total. The second-order valence-corrected chi connectivity index (χ2v) is 26.2. The number of likely N-dealkylation sites (tertiary alicyclic amines) is 1. The van der Waals surface area contributed by atoms with Crippen molar-refractivity contribution in [3.63, 3.8) is 0 Å². The van der Waals surface area contributed by atoms with Gasteiger partial charge in [-0.2, -0.15) is 0 Å². The van der Waals surface area contributed by atoms with Crippen molar-refractivity contribution < 1.29 is 33.9 Å². The quantitative estimate of drug-likeness (QED) is 0.0606. The number of likely N-dealkylation sites (N-methyl/N-ethyl adjacent to an activating group) is 2. The van der Waals surface area contributed by atoms with E-state index in [2.05, 4.69) is 75.1 Å². The van der Waals surface area contributed by atoms with Crippen molar-refractivity contribution in [2.75, 3.05) is 40.3 Å². The molecular weight excluding hydrogens is 1040 g/mol. The molecule has 0 radical (unpaired) electrons. The van der Waals surface area contributed by atoms with Gasteiger partial charge in [-0.15, -0.1) is 0 Å². The van der Waals surface area contributed by atoms with Gasteiger partial charge < -0.3 is 46.4 Å². The highest BCUT2D eigenvalue weighted by Gasteiger charge is 2.46. The van der Waals surface area contributed by atoms with E-state index in [0.717, 1.165) is 61.6 Å². The molecule has 9 atom stereocenters. The van der Waals surface area contributed by atoms with Crippen molar-refractivity contribution in [3.8, 4) is 0 Å². The third-order valence-corrected chi connectivity index (χ3v) is 18.2. The molecule has 0 aromatic heterocycles. The number of aryl methyl sites for hydroxylation is 2. The van der Waals surface area contributed by atoms with Crippen LogP contribution >= 0.6 is 0 Å². The van der Waals surface area contributed by atoms with Crippen molar-refractivity contribution in [3.05, 3.63) is 136 Å². The number of nitrogens with zero attached hydrogens (tertiary/aromatic N) is 3. The molecule has 5 aliphatic rings. The molecule has 3 aromatic carbocycles. The van der Waals surface area contributed by atoms with E-state index in [4.69, 9.17) is 0 Å². The van der Waals surface area contributed by atoms with Crippen LogP contribution in [-0.2, 0) is 36.8 Å².